The minimum Gasteiger partial charge on any atom is -0.304 e. The van der Waals surface area contributed by atoms with Crippen LogP contribution in [0.3, 0.4) is 0 Å². The zero-order valence-corrected chi connectivity index (χ0v) is 18.1. The summed E-state index contributed by atoms with van der Waals surface area (Å²) >= 11 is 0. The molecule has 0 saturated heterocycles. The number of nitrogens with zero attached hydrogens (tertiary/aromatic N) is 4. The molecule has 27 heavy (non-hydrogen) atoms. The lowest BCUT2D eigenvalue weighted by Gasteiger charge is -2.37. The van der Waals surface area contributed by atoms with Gasteiger partial charge in [0.25, 0.3) is 0 Å². The van der Waals surface area contributed by atoms with Gasteiger partial charge >= 0.3 is 0 Å². The standard InChI is InChI=1S/C22H33N5/c1-13-14(2)26-19(15(3)25-13)12-23-17-9-22(7,8)10-18-16(17)11-24-20(27-18)21(4,5)6/h11,17,23H,9-10,12H2,1-8H3/t17-/m1/s1. The Morgan fingerprint density at radius 3 is 2.37 bits per heavy atom. The number of nitrogens with one attached hydrogen (secondary N) is 1. The average molecular weight is 368 g/mol. The molecule has 1 atom stereocenters. The van der Waals surface area contributed by atoms with E-state index in [0.29, 0.717) is 6.54 Å². The van der Waals surface area contributed by atoms with Gasteiger partial charge in [0.05, 0.1) is 22.8 Å². The number of aromatic nitrogens is 4. The van der Waals surface area contributed by atoms with Crippen molar-refractivity contribution in [3.63, 3.8) is 0 Å². The Balaban J connectivity index is 1.88. The third-order valence-corrected chi connectivity index (χ3v) is 5.44. The van der Waals surface area contributed by atoms with E-state index in [1.54, 1.807) is 0 Å². The molecule has 5 heteroatoms. The molecule has 0 aromatic carbocycles. The second kappa shape index (κ2) is 6.93. The molecule has 0 unspecified atom stereocenters. The molecule has 0 aliphatic heterocycles. The van der Waals surface area contributed by atoms with Crippen molar-refractivity contribution < 1.29 is 0 Å². The predicted molar refractivity (Wildman–Crippen MR) is 109 cm³/mol. The maximum atomic E-state index is 4.95. The molecular formula is C22H33N5. The van der Waals surface area contributed by atoms with Crippen molar-refractivity contribution in [3.8, 4) is 0 Å². The maximum Gasteiger partial charge on any atom is 0.133 e. The maximum absolute atomic E-state index is 4.95. The second-order valence-corrected chi connectivity index (χ2v) is 9.75. The highest BCUT2D eigenvalue weighted by Crippen LogP contribution is 2.40. The molecule has 0 saturated carbocycles. The average Bonchev–Trinajstić information content (AvgIpc) is 2.54. The molecule has 0 amide bonds. The summed E-state index contributed by atoms with van der Waals surface area (Å²) in [4.78, 5) is 19.0. The Kier molecular flexibility index (Phi) is 5.10. The van der Waals surface area contributed by atoms with Crippen LogP contribution in [0.5, 0.6) is 0 Å². The van der Waals surface area contributed by atoms with Crippen LogP contribution in [-0.2, 0) is 18.4 Å². The topological polar surface area (TPSA) is 63.6 Å². The van der Waals surface area contributed by atoms with Crippen LogP contribution in [0.2, 0.25) is 0 Å². The normalized spacial score (nSPS) is 19.0. The van der Waals surface area contributed by atoms with Gasteiger partial charge in [-0.15, -0.1) is 0 Å². The van der Waals surface area contributed by atoms with Crippen molar-refractivity contribution in [1.82, 2.24) is 25.3 Å². The molecule has 2 aromatic rings. The van der Waals surface area contributed by atoms with Gasteiger partial charge in [-0.2, -0.15) is 0 Å². The fraction of sp³-hybridized carbons (Fsp3) is 0.636. The van der Waals surface area contributed by atoms with E-state index in [9.17, 15) is 0 Å². The molecule has 1 aliphatic rings. The SMILES string of the molecule is Cc1nc(C)c(CN[C@@H]2CC(C)(C)Cc3nc(C(C)(C)C)ncc32)nc1C. The molecule has 0 fully saturated rings. The summed E-state index contributed by atoms with van der Waals surface area (Å²) in [6, 6.07) is 0.237. The first-order chi connectivity index (χ1) is 12.5. The van der Waals surface area contributed by atoms with Gasteiger partial charge in [-0.25, -0.2) is 9.97 Å². The van der Waals surface area contributed by atoms with Gasteiger partial charge in [-0.1, -0.05) is 34.6 Å². The lowest BCUT2D eigenvalue weighted by molar-refractivity contribution is 0.250. The van der Waals surface area contributed by atoms with Crippen LogP contribution < -0.4 is 5.32 Å². The van der Waals surface area contributed by atoms with Crippen LogP contribution in [0.15, 0.2) is 6.20 Å². The highest BCUT2D eigenvalue weighted by Gasteiger charge is 2.34. The van der Waals surface area contributed by atoms with Gasteiger partial charge in [0.1, 0.15) is 5.82 Å². The summed E-state index contributed by atoms with van der Waals surface area (Å²) < 4.78 is 0. The Morgan fingerprint density at radius 1 is 1.04 bits per heavy atom. The lowest BCUT2D eigenvalue weighted by Crippen LogP contribution is -2.35. The summed E-state index contributed by atoms with van der Waals surface area (Å²) in [5, 5.41) is 3.71. The first kappa shape index (κ1) is 19.9. The predicted octanol–water partition coefficient (Wildman–Crippen LogP) is 4.29. The molecule has 2 heterocycles. The number of fused-ring (bicyclic) bond motifs is 1. The van der Waals surface area contributed by atoms with Crippen molar-refractivity contribution >= 4 is 0 Å². The van der Waals surface area contributed by atoms with Gasteiger partial charge in [0.15, 0.2) is 0 Å². The summed E-state index contributed by atoms with van der Waals surface area (Å²) in [5.41, 5.74) is 6.62. The number of rotatable bonds is 3. The van der Waals surface area contributed by atoms with Gasteiger partial charge in [0, 0.05) is 35.5 Å². The number of hydrogen-bond acceptors (Lipinski definition) is 5. The molecule has 0 radical (unpaired) electrons. The van der Waals surface area contributed by atoms with E-state index in [-0.39, 0.29) is 16.9 Å². The highest BCUT2D eigenvalue weighted by molar-refractivity contribution is 5.28. The molecule has 146 valence electrons. The van der Waals surface area contributed by atoms with Crippen molar-refractivity contribution in [2.45, 2.75) is 86.2 Å². The largest absolute Gasteiger partial charge is 0.304 e. The minimum atomic E-state index is -0.0360. The van der Waals surface area contributed by atoms with E-state index in [2.05, 4.69) is 49.9 Å². The van der Waals surface area contributed by atoms with E-state index < -0.39 is 0 Å². The fourth-order valence-corrected chi connectivity index (χ4v) is 3.74. The Morgan fingerprint density at radius 2 is 1.70 bits per heavy atom. The quantitative estimate of drug-likeness (QED) is 0.876. The Labute approximate surface area is 163 Å². The minimum absolute atomic E-state index is 0.0360. The zero-order chi connectivity index (χ0) is 20.0. The fourth-order valence-electron chi connectivity index (χ4n) is 3.74. The van der Waals surface area contributed by atoms with Crippen molar-refractivity contribution in [1.29, 1.82) is 0 Å². The summed E-state index contributed by atoms with van der Waals surface area (Å²) in [6.45, 7) is 17.9. The van der Waals surface area contributed by atoms with Gasteiger partial charge in [0.2, 0.25) is 0 Å². The van der Waals surface area contributed by atoms with Crippen LogP contribution in [0, 0.1) is 26.2 Å². The zero-order valence-electron chi connectivity index (χ0n) is 18.1. The van der Waals surface area contributed by atoms with Crippen LogP contribution in [0.25, 0.3) is 0 Å². The number of aryl methyl sites for hydroxylation is 3. The smallest absolute Gasteiger partial charge is 0.133 e. The summed E-state index contributed by atoms with van der Waals surface area (Å²) in [5.74, 6) is 0.925. The van der Waals surface area contributed by atoms with Crippen molar-refractivity contribution in [2.75, 3.05) is 0 Å². The molecular weight excluding hydrogens is 334 g/mol. The van der Waals surface area contributed by atoms with Crippen LogP contribution in [-0.4, -0.2) is 19.9 Å². The monoisotopic (exact) mass is 367 g/mol. The molecule has 0 bridgehead atoms. The summed E-state index contributed by atoms with van der Waals surface area (Å²) in [7, 11) is 0. The van der Waals surface area contributed by atoms with Crippen LogP contribution in [0.4, 0.5) is 0 Å². The molecule has 3 rings (SSSR count). The Hall–Kier alpha value is -1.88. The van der Waals surface area contributed by atoms with Gasteiger partial charge < -0.3 is 5.32 Å². The van der Waals surface area contributed by atoms with E-state index >= 15 is 0 Å². The first-order valence-corrected chi connectivity index (χ1v) is 9.87. The third-order valence-electron chi connectivity index (χ3n) is 5.44. The second-order valence-electron chi connectivity index (χ2n) is 9.75. The van der Waals surface area contributed by atoms with Crippen LogP contribution >= 0.6 is 0 Å². The van der Waals surface area contributed by atoms with E-state index in [4.69, 9.17) is 9.97 Å². The third kappa shape index (κ3) is 4.34. The summed E-state index contributed by atoms with van der Waals surface area (Å²) in [6.07, 6.45) is 4.10. The Bertz CT molecular complexity index is 849. The van der Waals surface area contributed by atoms with E-state index in [1.165, 1.54) is 11.3 Å². The van der Waals surface area contributed by atoms with E-state index in [0.717, 1.165) is 41.4 Å². The van der Waals surface area contributed by atoms with Crippen molar-refractivity contribution in [3.05, 3.63) is 46.1 Å². The van der Waals surface area contributed by atoms with E-state index in [1.807, 2.05) is 27.0 Å². The first-order valence-electron chi connectivity index (χ1n) is 9.87. The molecule has 2 aromatic heterocycles. The number of hydrogen-bond donors (Lipinski definition) is 1. The molecule has 5 nitrogen and oxygen atoms in total. The van der Waals surface area contributed by atoms with Gasteiger partial charge in [-0.05, 0) is 39.0 Å². The molecule has 0 spiro atoms. The lowest BCUT2D eigenvalue weighted by atomic mass is 9.74. The highest BCUT2D eigenvalue weighted by atomic mass is 15.0. The van der Waals surface area contributed by atoms with Crippen molar-refractivity contribution in [2.24, 2.45) is 5.41 Å². The van der Waals surface area contributed by atoms with Gasteiger partial charge in [-0.3, -0.25) is 9.97 Å². The molecule has 1 aliphatic carbocycles. The molecule has 1 N–H and O–H groups in total. The van der Waals surface area contributed by atoms with Crippen LogP contribution in [0.1, 0.15) is 86.9 Å².